The Morgan fingerprint density at radius 1 is 1.44 bits per heavy atom. The molecule has 1 aromatic heterocycles. The molecule has 0 amide bonds. The second kappa shape index (κ2) is 4.14. The van der Waals surface area contributed by atoms with Crippen LogP contribution in [0.3, 0.4) is 0 Å². The van der Waals surface area contributed by atoms with Crippen LogP contribution in [0.2, 0.25) is 0 Å². The summed E-state index contributed by atoms with van der Waals surface area (Å²) in [5.41, 5.74) is 5.92. The number of nitrogens with zero attached hydrogens (tertiary/aromatic N) is 3. The third kappa shape index (κ3) is 1.97. The van der Waals surface area contributed by atoms with Crippen LogP contribution in [0.4, 0.5) is 0 Å². The summed E-state index contributed by atoms with van der Waals surface area (Å²) < 4.78 is 2.01. The van der Waals surface area contributed by atoms with Gasteiger partial charge in [-0.2, -0.15) is 5.10 Å². The molecule has 1 fully saturated rings. The van der Waals surface area contributed by atoms with Crippen molar-refractivity contribution in [1.29, 1.82) is 0 Å². The van der Waals surface area contributed by atoms with Gasteiger partial charge in [0.25, 0.3) is 0 Å². The smallest absolute Gasteiger partial charge is 0.151 e. The molecule has 0 spiro atoms. The zero-order valence-corrected chi connectivity index (χ0v) is 9.52. The van der Waals surface area contributed by atoms with Crippen LogP contribution in [0.15, 0.2) is 0 Å². The maximum absolute atomic E-state index is 5.92. The number of hydrogen-bond donors (Lipinski definition) is 2. The normalized spacial score (nSPS) is 29.3. The quantitative estimate of drug-likeness (QED) is 0.719. The van der Waals surface area contributed by atoms with Crippen molar-refractivity contribution in [2.75, 3.05) is 13.1 Å². The van der Waals surface area contributed by atoms with Crippen LogP contribution in [0.25, 0.3) is 0 Å². The van der Waals surface area contributed by atoms with Gasteiger partial charge in [-0.25, -0.2) is 9.67 Å². The van der Waals surface area contributed by atoms with E-state index in [0.29, 0.717) is 0 Å². The third-order valence-corrected chi connectivity index (χ3v) is 3.57. The number of fused-ring (bicyclic) bond motifs is 1. The minimum atomic E-state index is 0.259. The predicted molar refractivity (Wildman–Crippen MR) is 61.0 cm³/mol. The van der Waals surface area contributed by atoms with E-state index < -0.39 is 0 Å². The van der Waals surface area contributed by atoms with Gasteiger partial charge in [-0.15, -0.1) is 0 Å². The Hall–Kier alpha value is -0.940. The lowest BCUT2D eigenvalue weighted by molar-refractivity contribution is 0.420. The van der Waals surface area contributed by atoms with Crippen LogP contribution in [0.1, 0.15) is 24.5 Å². The third-order valence-electron chi connectivity index (χ3n) is 3.57. The molecular formula is C11H19N5. The molecule has 3 heterocycles. The molecule has 0 saturated carbocycles. The SMILES string of the molecule is NC1CCc2nc(CC3CCNC3)nn2C1. The summed E-state index contributed by atoms with van der Waals surface area (Å²) in [7, 11) is 0. The highest BCUT2D eigenvalue weighted by molar-refractivity contribution is 4.99. The van der Waals surface area contributed by atoms with Crippen LogP contribution in [-0.4, -0.2) is 33.9 Å². The van der Waals surface area contributed by atoms with E-state index in [1.807, 2.05) is 4.68 Å². The number of rotatable bonds is 2. The summed E-state index contributed by atoms with van der Waals surface area (Å²) >= 11 is 0. The lowest BCUT2D eigenvalue weighted by Crippen LogP contribution is -2.32. The standard InChI is InChI=1S/C11H19N5/c12-9-1-2-11-14-10(15-16(11)7-9)5-8-3-4-13-6-8/h8-9,13H,1-7,12H2. The van der Waals surface area contributed by atoms with E-state index in [0.717, 1.165) is 56.5 Å². The fraction of sp³-hybridized carbons (Fsp3) is 0.818. The van der Waals surface area contributed by atoms with Gasteiger partial charge < -0.3 is 11.1 Å². The molecule has 0 aromatic carbocycles. The zero-order chi connectivity index (χ0) is 11.0. The number of aryl methyl sites for hydroxylation is 1. The molecule has 0 aliphatic carbocycles. The molecule has 5 heteroatoms. The van der Waals surface area contributed by atoms with Crippen LogP contribution in [0, 0.1) is 5.92 Å². The highest BCUT2D eigenvalue weighted by Crippen LogP contribution is 2.16. The Bertz CT molecular complexity index is 366. The van der Waals surface area contributed by atoms with E-state index in [9.17, 15) is 0 Å². The van der Waals surface area contributed by atoms with Crippen molar-refractivity contribution in [2.24, 2.45) is 11.7 Å². The van der Waals surface area contributed by atoms with Crippen LogP contribution in [0.5, 0.6) is 0 Å². The van der Waals surface area contributed by atoms with Crippen molar-refractivity contribution in [2.45, 2.75) is 38.3 Å². The first-order valence-corrected chi connectivity index (χ1v) is 6.20. The van der Waals surface area contributed by atoms with E-state index in [1.54, 1.807) is 0 Å². The highest BCUT2D eigenvalue weighted by Gasteiger charge is 2.21. The van der Waals surface area contributed by atoms with Crippen molar-refractivity contribution < 1.29 is 0 Å². The molecule has 3 rings (SSSR count). The molecule has 0 bridgehead atoms. The molecule has 1 saturated heterocycles. The highest BCUT2D eigenvalue weighted by atomic mass is 15.4. The van der Waals surface area contributed by atoms with E-state index in [-0.39, 0.29) is 6.04 Å². The minimum absolute atomic E-state index is 0.259. The fourth-order valence-electron chi connectivity index (χ4n) is 2.62. The van der Waals surface area contributed by atoms with Crippen LogP contribution in [-0.2, 0) is 19.4 Å². The summed E-state index contributed by atoms with van der Waals surface area (Å²) in [6.45, 7) is 3.09. The molecular weight excluding hydrogens is 202 g/mol. The minimum Gasteiger partial charge on any atom is -0.326 e. The van der Waals surface area contributed by atoms with E-state index in [1.165, 1.54) is 6.42 Å². The zero-order valence-electron chi connectivity index (χ0n) is 9.52. The molecule has 0 radical (unpaired) electrons. The van der Waals surface area contributed by atoms with Crippen LogP contribution >= 0.6 is 0 Å². The van der Waals surface area contributed by atoms with Gasteiger partial charge >= 0.3 is 0 Å². The maximum Gasteiger partial charge on any atom is 0.151 e. The van der Waals surface area contributed by atoms with Crippen molar-refractivity contribution in [1.82, 2.24) is 20.1 Å². The molecule has 88 valence electrons. The van der Waals surface area contributed by atoms with Gasteiger partial charge in [0.05, 0.1) is 6.54 Å². The largest absolute Gasteiger partial charge is 0.326 e. The first-order valence-electron chi connectivity index (χ1n) is 6.20. The van der Waals surface area contributed by atoms with Crippen molar-refractivity contribution in [3.05, 3.63) is 11.6 Å². The summed E-state index contributed by atoms with van der Waals surface area (Å²) in [5, 5.41) is 7.94. The topological polar surface area (TPSA) is 68.8 Å². The monoisotopic (exact) mass is 221 g/mol. The summed E-state index contributed by atoms with van der Waals surface area (Å²) in [5.74, 6) is 2.86. The molecule has 5 nitrogen and oxygen atoms in total. The Morgan fingerprint density at radius 2 is 2.38 bits per heavy atom. The summed E-state index contributed by atoms with van der Waals surface area (Å²) in [4.78, 5) is 4.62. The van der Waals surface area contributed by atoms with Gasteiger partial charge in [-0.05, 0) is 31.8 Å². The van der Waals surface area contributed by atoms with Gasteiger partial charge in [0.15, 0.2) is 5.82 Å². The summed E-state index contributed by atoms with van der Waals surface area (Å²) in [6.07, 6.45) is 4.30. The molecule has 16 heavy (non-hydrogen) atoms. The molecule has 3 N–H and O–H groups in total. The van der Waals surface area contributed by atoms with E-state index in [4.69, 9.17) is 5.73 Å². The average molecular weight is 221 g/mol. The average Bonchev–Trinajstić information content (AvgIpc) is 2.86. The van der Waals surface area contributed by atoms with Gasteiger partial charge in [0.1, 0.15) is 5.82 Å². The molecule has 2 unspecified atom stereocenters. The van der Waals surface area contributed by atoms with Crippen LogP contribution < -0.4 is 11.1 Å². The Kier molecular flexibility index (Phi) is 2.65. The predicted octanol–water partition coefficient (Wildman–Crippen LogP) is -0.296. The molecule has 2 atom stereocenters. The van der Waals surface area contributed by atoms with E-state index in [2.05, 4.69) is 15.4 Å². The number of nitrogens with two attached hydrogens (primary N) is 1. The van der Waals surface area contributed by atoms with Crippen molar-refractivity contribution >= 4 is 0 Å². The molecule has 2 aliphatic rings. The Morgan fingerprint density at radius 3 is 3.19 bits per heavy atom. The van der Waals surface area contributed by atoms with E-state index >= 15 is 0 Å². The molecule has 2 aliphatic heterocycles. The fourth-order valence-corrected chi connectivity index (χ4v) is 2.62. The van der Waals surface area contributed by atoms with Gasteiger partial charge in [0.2, 0.25) is 0 Å². The number of aromatic nitrogens is 3. The number of nitrogens with one attached hydrogen (secondary N) is 1. The lowest BCUT2D eigenvalue weighted by Gasteiger charge is -2.17. The summed E-state index contributed by atoms with van der Waals surface area (Å²) in [6, 6.07) is 0.259. The first-order chi connectivity index (χ1) is 7.81. The lowest BCUT2D eigenvalue weighted by atomic mass is 10.1. The second-order valence-electron chi connectivity index (χ2n) is 4.99. The van der Waals surface area contributed by atoms with Crippen molar-refractivity contribution in [3.63, 3.8) is 0 Å². The Labute approximate surface area is 95.4 Å². The van der Waals surface area contributed by atoms with Gasteiger partial charge in [0, 0.05) is 18.9 Å². The Balaban J connectivity index is 1.71. The van der Waals surface area contributed by atoms with Gasteiger partial charge in [-0.3, -0.25) is 0 Å². The maximum atomic E-state index is 5.92. The second-order valence-corrected chi connectivity index (χ2v) is 4.99. The molecule has 1 aromatic rings. The van der Waals surface area contributed by atoms with Crippen molar-refractivity contribution in [3.8, 4) is 0 Å². The van der Waals surface area contributed by atoms with Gasteiger partial charge in [-0.1, -0.05) is 0 Å². The first kappa shape index (κ1) is 10.2. The number of hydrogen-bond acceptors (Lipinski definition) is 4.